The second-order valence-electron chi connectivity index (χ2n) is 4.04. The van der Waals surface area contributed by atoms with Gasteiger partial charge in [0, 0.05) is 0 Å². The maximum Gasteiger partial charge on any atom is 0.125 e. The van der Waals surface area contributed by atoms with E-state index in [0.29, 0.717) is 6.61 Å². The van der Waals surface area contributed by atoms with Crippen molar-refractivity contribution in [3.63, 3.8) is 0 Å². The predicted molar refractivity (Wildman–Crippen MR) is 77.0 cm³/mol. The lowest BCUT2D eigenvalue weighted by Crippen LogP contribution is -2.01. The molecule has 100 valence electrons. The first-order valence-electron chi connectivity index (χ1n) is 5.92. The summed E-state index contributed by atoms with van der Waals surface area (Å²) in [7, 11) is 0. The zero-order valence-corrected chi connectivity index (χ0v) is 12.4. The summed E-state index contributed by atoms with van der Waals surface area (Å²) in [4.78, 5) is 0. The van der Waals surface area contributed by atoms with E-state index in [1.54, 1.807) is 6.08 Å². The third kappa shape index (κ3) is 4.79. The van der Waals surface area contributed by atoms with E-state index in [1.807, 2.05) is 26.0 Å². The summed E-state index contributed by atoms with van der Waals surface area (Å²) in [6.45, 7) is 7.19. The zero-order valence-electron chi connectivity index (χ0n) is 10.9. The van der Waals surface area contributed by atoms with Crippen LogP contribution in [-0.2, 0) is 0 Å². The smallest absolute Gasteiger partial charge is 0.125 e. The van der Waals surface area contributed by atoms with Crippen molar-refractivity contribution in [1.29, 1.82) is 0 Å². The summed E-state index contributed by atoms with van der Waals surface area (Å²) in [5.41, 5.74) is 2.14. The number of aryl methyl sites for hydroxylation is 2. The van der Waals surface area contributed by atoms with Crippen LogP contribution < -0.4 is 9.47 Å². The highest BCUT2D eigenvalue weighted by atomic mass is 35.5. The molecule has 0 fully saturated rings. The van der Waals surface area contributed by atoms with Crippen LogP contribution in [0.25, 0.3) is 0 Å². The molecule has 18 heavy (non-hydrogen) atoms. The van der Waals surface area contributed by atoms with E-state index in [1.165, 1.54) is 0 Å². The summed E-state index contributed by atoms with van der Waals surface area (Å²) in [5.74, 6) is 1.73. The minimum Gasteiger partial charge on any atom is -0.493 e. The first-order chi connectivity index (χ1) is 8.54. The number of benzene rings is 1. The van der Waals surface area contributed by atoms with Gasteiger partial charge in [0.05, 0.1) is 6.61 Å². The lowest BCUT2D eigenvalue weighted by atomic mass is 10.1. The van der Waals surface area contributed by atoms with Crippen molar-refractivity contribution in [3.8, 4) is 11.5 Å². The third-order valence-corrected chi connectivity index (χ3v) is 2.68. The van der Waals surface area contributed by atoms with E-state index in [9.17, 15) is 0 Å². The normalized spacial score (nSPS) is 10.1. The van der Waals surface area contributed by atoms with Crippen LogP contribution in [0.2, 0.25) is 0 Å². The standard InChI is InChI=1S/C14H18Cl2O2/c1-4-6-18-14-10(2)8-12(9-11(14)3)17-7-5-13(15)16/h5,8-9H,4,6-7H2,1-3H3. The molecule has 0 aliphatic carbocycles. The van der Waals surface area contributed by atoms with E-state index < -0.39 is 0 Å². The van der Waals surface area contributed by atoms with E-state index >= 15 is 0 Å². The topological polar surface area (TPSA) is 18.5 Å². The third-order valence-electron chi connectivity index (χ3n) is 2.37. The molecule has 0 aromatic heterocycles. The SMILES string of the molecule is CCCOc1c(C)cc(OCC=C(Cl)Cl)cc1C. The maximum atomic E-state index is 5.70. The van der Waals surface area contributed by atoms with Crippen molar-refractivity contribution < 1.29 is 9.47 Å². The van der Waals surface area contributed by atoms with E-state index in [4.69, 9.17) is 32.7 Å². The monoisotopic (exact) mass is 288 g/mol. The Morgan fingerprint density at radius 3 is 2.28 bits per heavy atom. The Labute approximate surface area is 118 Å². The Morgan fingerprint density at radius 1 is 1.17 bits per heavy atom. The van der Waals surface area contributed by atoms with Crippen molar-refractivity contribution in [1.82, 2.24) is 0 Å². The molecule has 0 bridgehead atoms. The molecule has 4 heteroatoms. The molecule has 2 nitrogen and oxygen atoms in total. The van der Waals surface area contributed by atoms with Crippen molar-refractivity contribution in [2.45, 2.75) is 27.2 Å². The largest absolute Gasteiger partial charge is 0.493 e. The van der Waals surface area contributed by atoms with Gasteiger partial charge < -0.3 is 9.47 Å². The molecule has 1 rings (SSSR count). The molecule has 0 aliphatic heterocycles. The van der Waals surface area contributed by atoms with Gasteiger partial charge in [-0.2, -0.15) is 0 Å². The van der Waals surface area contributed by atoms with Crippen LogP contribution in [0.1, 0.15) is 24.5 Å². The van der Waals surface area contributed by atoms with Gasteiger partial charge in [-0.3, -0.25) is 0 Å². The Bertz CT molecular complexity index is 401. The number of ether oxygens (including phenoxy) is 2. The van der Waals surface area contributed by atoms with Crippen molar-refractivity contribution in [3.05, 3.63) is 33.8 Å². The van der Waals surface area contributed by atoms with Crippen LogP contribution in [0.5, 0.6) is 11.5 Å². The number of rotatable bonds is 6. The van der Waals surface area contributed by atoms with Crippen molar-refractivity contribution in [2.75, 3.05) is 13.2 Å². The summed E-state index contributed by atoms with van der Waals surface area (Å²) in [5, 5.41) is 0. The lowest BCUT2D eigenvalue weighted by molar-refractivity contribution is 0.311. The quantitative estimate of drug-likeness (QED) is 0.749. The molecule has 0 atom stereocenters. The Hall–Kier alpha value is -0.860. The summed E-state index contributed by atoms with van der Waals surface area (Å²) >= 11 is 11.0. The van der Waals surface area contributed by atoms with E-state index in [0.717, 1.165) is 35.7 Å². The average molecular weight is 289 g/mol. The molecule has 0 N–H and O–H groups in total. The highest BCUT2D eigenvalue weighted by Gasteiger charge is 2.06. The fourth-order valence-corrected chi connectivity index (χ4v) is 1.75. The van der Waals surface area contributed by atoms with E-state index in [-0.39, 0.29) is 4.49 Å². The van der Waals surface area contributed by atoms with Gasteiger partial charge in [0.1, 0.15) is 22.6 Å². The van der Waals surface area contributed by atoms with Crippen LogP contribution in [0.15, 0.2) is 22.7 Å². The van der Waals surface area contributed by atoms with Gasteiger partial charge in [-0.05, 0) is 49.6 Å². The number of halogens is 2. The Morgan fingerprint density at radius 2 is 1.78 bits per heavy atom. The van der Waals surface area contributed by atoms with Gasteiger partial charge in [0.2, 0.25) is 0 Å². The minimum atomic E-state index is 0.214. The molecule has 0 amide bonds. The average Bonchev–Trinajstić information content (AvgIpc) is 2.27. The molecule has 0 radical (unpaired) electrons. The van der Waals surface area contributed by atoms with Crippen molar-refractivity contribution >= 4 is 23.2 Å². The number of hydrogen-bond acceptors (Lipinski definition) is 2. The second-order valence-corrected chi connectivity index (χ2v) is 5.05. The van der Waals surface area contributed by atoms with Gasteiger partial charge in [-0.15, -0.1) is 0 Å². The summed E-state index contributed by atoms with van der Waals surface area (Å²) < 4.78 is 11.5. The lowest BCUT2D eigenvalue weighted by Gasteiger charge is -2.13. The van der Waals surface area contributed by atoms with Crippen LogP contribution in [-0.4, -0.2) is 13.2 Å². The number of hydrogen-bond donors (Lipinski definition) is 0. The molecule has 0 aliphatic rings. The molecular formula is C14H18Cl2O2. The Balaban J connectivity index is 2.76. The first kappa shape index (κ1) is 15.2. The molecule has 1 aromatic carbocycles. The molecule has 0 heterocycles. The molecule has 0 saturated carbocycles. The van der Waals surface area contributed by atoms with Crippen LogP contribution in [0.4, 0.5) is 0 Å². The van der Waals surface area contributed by atoms with Crippen molar-refractivity contribution in [2.24, 2.45) is 0 Å². The van der Waals surface area contributed by atoms with Gasteiger partial charge in [0.25, 0.3) is 0 Å². The molecule has 0 unspecified atom stereocenters. The van der Waals surface area contributed by atoms with Crippen LogP contribution in [0, 0.1) is 13.8 Å². The zero-order chi connectivity index (χ0) is 13.5. The Kier molecular flexibility index (Phi) is 6.37. The summed E-state index contributed by atoms with van der Waals surface area (Å²) in [6.07, 6.45) is 2.60. The van der Waals surface area contributed by atoms with Gasteiger partial charge in [-0.25, -0.2) is 0 Å². The molecule has 0 saturated heterocycles. The highest BCUT2D eigenvalue weighted by Crippen LogP contribution is 2.28. The van der Waals surface area contributed by atoms with E-state index in [2.05, 4.69) is 6.92 Å². The summed E-state index contributed by atoms with van der Waals surface area (Å²) in [6, 6.07) is 3.90. The molecule has 1 aromatic rings. The van der Waals surface area contributed by atoms with Crippen LogP contribution >= 0.6 is 23.2 Å². The van der Waals surface area contributed by atoms with Gasteiger partial charge >= 0.3 is 0 Å². The predicted octanol–water partition coefficient (Wildman–Crippen LogP) is 4.79. The fourth-order valence-electron chi connectivity index (χ4n) is 1.63. The minimum absolute atomic E-state index is 0.214. The second kappa shape index (κ2) is 7.55. The molecular weight excluding hydrogens is 271 g/mol. The first-order valence-corrected chi connectivity index (χ1v) is 6.68. The fraction of sp³-hybridized carbons (Fsp3) is 0.429. The highest BCUT2D eigenvalue weighted by molar-refractivity contribution is 6.55. The maximum absolute atomic E-state index is 5.70. The molecule has 0 spiro atoms. The van der Waals surface area contributed by atoms with Crippen LogP contribution in [0.3, 0.4) is 0 Å². The van der Waals surface area contributed by atoms with Gasteiger partial charge in [-0.1, -0.05) is 30.1 Å². The van der Waals surface area contributed by atoms with Gasteiger partial charge in [0.15, 0.2) is 0 Å².